The van der Waals surface area contributed by atoms with Crippen LogP contribution in [0.1, 0.15) is 52.9 Å². The summed E-state index contributed by atoms with van der Waals surface area (Å²) in [6.45, 7) is 7.50. The second kappa shape index (κ2) is 6.04. The minimum absolute atomic E-state index is 0.0442. The predicted molar refractivity (Wildman–Crippen MR) is 82.3 cm³/mol. The van der Waals surface area contributed by atoms with Gasteiger partial charge in [-0.1, -0.05) is 27.2 Å². The number of carbonyl (C=O) groups is 1. The van der Waals surface area contributed by atoms with Gasteiger partial charge in [-0.15, -0.1) is 0 Å². The molecule has 1 N–H and O–H groups in total. The van der Waals surface area contributed by atoms with Gasteiger partial charge in [0.1, 0.15) is 0 Å². The van der Waals surface area contributed by atoms with Crippen molar-refractivity contribution in [2.45, 2.75) is 69.8 Å². The standard InChI is InChI=1S/C15H28N2OS/c1-5-12-14(18)17(13(16-12)9-11(2)3)10-15(19-4)7-6-8-15/h11-13,16H,5-10H2,1-4H3. The van der Waals surface area contributed by atoms with E-state index < -0.39 is 0 Å². The van der Waals surface area contributed by atoms with Crippen LogP contribution >= 0.6 is 11.8 Å². The van der Waals surface area contributed by atoms with Crippen LogP contribution in [0.5, 0.6) is 0 Å². The highest BCUT2D eigenvalue weighted by Crippen LogP contribution is 2.44. The van der Waals surface area contributed by atoms with Crippen molar-refractivity contribution >= 4 is 17.7 Å². The summed E-state index contributed by atoms with van der Waals surface area (Å²) in [5.41, 5.74) is 0. The molecule has 2 aliphatic rings. The monoisotopic (exact) mass is 284 g/mol. The van der Waals surface area contributed by atoms with Gasteiger partial charge < -0.3 is 4.90 Å². The Morgan fingerprint density at radius 2 is 2.16 bits per heavy atom. The molecule has 1 amide bonds. The molecule has 0 bridgehead atoms. The molecule has 2 fully saturated rings. The number of rotatable bonds is 6. The Hall–Kier alpha value is -0.220. The third kappa shape index (κ3) is 3.10. The van der Waals surface area contributed by atoms with Crippen LogP contribution in [-0.2, 0) is 4.79 Å². The average Bonchev–Trinajstić information content (AvgIpc) is 2.60. The van der Waals surface area contributed by atoms with Crippen molar-refractivity contribution < 1.29 is 4.79 Å². The largest absolute Gasteiger partial charge is 0.324 e. The number of carbonyl (C=O) groups excluding carboxylic acids is 1. The lowest BCUT2D eigenvalue weighted by Crippen LogP contribution is -2.50. The topological polar surface area (TPSA) is 32.3 Å². The van der Waals surface area contributed by atoms with Gasteiger partial charge in [-0.25, -0.2) is 0 Å². The van der Waals surface area contributed by atoms with Gasteiger partial charge in [-0.05, 0) is 37.9 Å². The van der Waals surface area contributed by atoms with Gasteiger partial charge in [-0.3, -0.25) is 10.1 Å². The molecule has 0 aromatic rings. The number of hydrogen-bond donors (Lipinski definition) is 1. The number of thioether (sulfide) groups is 1. The second-order valence-corrected chi connectivity index (χ2v) is 7.75. The number of nitrogens with zero attached hydrogens (tertiary/aromatic N) is 1. The van der Waals surface area contributed by atoms with Crippen LogP contribution in [0, 0.1) is 5.92 Å². The Balaban J connectivity index is 2.07. The third-order valence-corrected chi connectivity index (χ3v) is 6.01. The minimum Gasteiger partial charge on any atom is -0.324 e. The SMILES string of the molecule is CCC1NC(CC(C)C)N(CC2(SC)CCC2)C1=O. The van der Waals surface area contributed by atoms with Gasteiger partial charge in [-0.2, -0.15) is 11.8 Å². The maximum Gasteiger partial charge on any atom is 0.241 e. The second-order valence-electron chi connectivity index (χ2n) is 6.48. The lowest BCUT2D eigenvalue weighted by atomic mass is 9.83. The van der Waals surface area contributed by atoms with Crippen LogP contribution in [0.3, 0.4) is 0 Å². The summed E-state index contributed by atoms with van der Waals surface area (Å²) in [7, 11) is 0. The molecule has 0 aromatic carbocycles. The van der Waals surface area contributed by atoms with Crippen molar-refractivity contribution in [3.8, 4) is 0 Å². The predicted octanol–water partition coefficient (Wildman–Crippen LogP) is 2.85. The van der Waals surface area contributed by atoms with Gasteiger partial charge in [0.05, 0.1) is 12.2 Å². The lowest BCUT2D eigenvalue weighted by Gasteiger charge is -2.44. The molecule has 1 heterocycles. The molecule has 4 heteroatoms. The Morgan fingerprint density at radius 1 is 1.47 bits per heavy atom. The zero-order valence-electron chi connectivity index (χ0n) is 12.7. The van der Waals surface area contributed by atoms with E-state index in [4.69, 9.17) is 0 Å². The molecule has 0 radical (unpaired) electrons. The molecule has 1 aliphatic heterocycles. The Labute approximate surface area is 121 Å². The van der Waals surface area contributed by atoms with Crippen LogP contribution in [0.2, 0.25) is 0 Å². The maximum absolute atomic E-state index is 12.5. The third-order valence-electron chi connectivity index (χ3n) is 4.61. The van der Waals surface area contributed by atoms with Gasteiger partial charge in [0.2, 0.25) is 5.91 Å². The summed E-state index contributed by atoms with van der Waals surface area (Å²) in [6.07, 6.45) is 8.27. The van der Waals surface area contributed by atoms with Crippen LogP contribution in [0.15, 0.2) is 0 Å². The first-order valence-electron chi connectivity index (χ1n) is 7.63. The molecule has 1 saturated carbocycles. The van der Waals surface area contributed by atoms with Crippen molar-refractivity contribution in [3.05, 3.63) is 0 Å². The molecule has 3 nitrogen and oxygen atoms in total. The van der Waals surface area contributed by atoms with Crippen molar-refractivity contribution in [1.82, 2.24) is 10.2 Å². The number of amides is 1. The van der Waals surface area contributed by atoms with Gasteiger partial charge >= 0.3 is 0 Å². The van der Waals surface area contributed by atoms with E-state index in [1.165, 1.54) is 19.3 Å². The molecular weight excluding hydrogens is 256 g/mol. The van der Waals surface area contributed by atoms with E-state index in [-0.39, 0.29) is 12.2 Å². The molecule has 1 aliphatic carbocycles. The molecule has 1 saturated heterocycles. The molecule has 110 valence electrons. The van der Waals surface area contributed by atoms with E-state index in [9.17, 15) is 4.79 Å². The minimum atomic E-state index is 0.0442. The fraction of sp³-hybridized carbons (Fsp3) is 0.933. The quantitative estimate of drug-likeness (QED) is 0.814. The normalized spacial score (nSPS) is 29.9. The van der Waals surface area contributed by atoms with Crippen LogP contribution in [0.25, 0.3) is 0 Å². The highest BCUT2D eigenvalue weighted by molar-refractivity contribution is 8.00. The van der Waals surface area contributed by atoms with Crippen molar-refractivity contribution in [2.75, 3.05) is 12.8 Å². The zero-order valence-corrected chi connectivity index (χ0v) is 13.6. The molecule has 19 heavy (non-hydrogen) atoms. The highest BCUT2D eigenvalue weighted by atomic mass is 32.2. The first-order chi connectivity index (χ1) is 9.01. The molecule has 2 atom stereocenters. The van der Waals surface area contributed by atoms with E-state index >= 15 is 0 Å². The summed E-state index contributed by atoms with van der Waals surface area (Å²) < 4.78 is 0.342. The van der Waals surface area contributed by atoms with E-state index in [1.807, 2.05) is 11.8 Å². The van der Waals surface area contributed by atoms with Crippen LogP contribution in [0.4, 0.5) is 0 Å². The van der Waals surface area contributed by atoms with Crippen LogP contribution in [-0.4, -0.2) is 40.6 Å². The summed E-state index contributed by atoms with van der Waals surface area (Å²) in [6, 6.07) is 0.0442. The van der Waals surface area contributed by atoms with Gasteiger partial charge in [0.25, 0.3) is 0 Å². The maximum atomic E-state index is 12.5. The zero-order chi connectivity index (χ0) is 14.0. The summed E-state index contributed by atoms with van der Waals surface area (Å²) >= 11 is 1.96. The van der Waals surface area contributed by atoms with E-state index in [0.29, 0.717) is 16.6 Å². The molecule has 2 rings (SSSR count). The van der Waals surface area contributed by atoms with Crippen molar-refractivity contribution in [2.24, 2.45) is 5.92 Å². The summed E-state index contributed by atoms with van der Waals surface area (Å²) in [4.78, 5) is 14.7. The van der Waals surface area contributed by atoms with Crippen LogP contribution < -0.4 is 5.32 Å². The van der Waals surface area contributed by atoms with E-state index in [0.717, 1.165) is 19.4 Å². The Morgan fingerprint density at radius 3 is 2.58 bits per heavy atom. The van der Waals surface area contributed by atoms with Crippen molar-refractivity contribution in [3.63, 3.8) is 0 Å². The summed E-state index contributed by atoms with van der Waals surface area (Å²) in [5.74, 6) is 0.948. The Bertz CT molecular complexity index is 323. The fourth-order valence-corrected chi connectivity index (χ4v) is 4.14. The average molecular weight is 284 g/mol. The molecule has 2 unspecified atom stereocenters. The number of nitrogens with one attached hydrogen (secondary N) is 1. The first kappa shape index (κ1) is 15.2. The first-order valence-corrected chi connectivity index (χ1v) is 8.85. The van der Waals surface area contributed by atoms with E-state index in [2.05, 4.69) is 37.2 Å². The molecular formula is C15H28N2OS. The highest BCUT2D eigenvalue weighted by Gasteiger charge is 2.45. The number of hydrogen-bond acceptors (Lipinski definition) is 3. The van der Waals surface area contributed by atoms with Crippen molar-refractivity contribution in [1.29, 1.82) is 0 Å². The van der Waals surface area contributed by atoms with Gasteiger partial charge in [0.15, 0.2) is 0 Å². The van der Waals surface area contributed by atoms with Gasteiger partial charge in [0, 0.05) is 11.3 Å². The smallest absolute Gasteiger partial charge is 0.241 e. The Kier molecular flexibility index (Phi) is 4.83. The molecule has 0 aromatic heterocycles. The summed E-state index contributed by atoms with van der Waals surface area (Å²) in [5, 5.41) is 3.53. The fourth-order valence-electron chi connectivity index (χ4n) is 3.18. The lowest BCUT2D eigenvalue weighted by molar-refractivity contribution is -0.130. The van der Waals surface area contributed by atoms with E-state index in [1.54, 1.807) is 0 Å². The molecule has 0 spiro atoms.